The summed E-state index contributed by atoms with van der Waals surface area (Å²) < 4.78 is 4.97. The van der Waals surface area contributed by atoms with Gasteiger partial charge in [-0.25, -0.2) is 9.78 Å². The molecule has 0 radical (unpaired) electrons. The lowest BCUT2D eigenvalue weighted by atomic mass is 9.83. The molecule has 1 aliphatic rings. The van der Waals surface area contributed by atoms with Gasteiger partial charge in [0.25, 0.3) is 5.56 Å². The van der Waals surface area contributed by atoms with E-state index >= 15 is 0 Å². The van der Waals surface area contributed by atoms with Crippen LogP contribution in [0.3, 0.4) is 0 Å². The Labute approximate surface area is 161 Å². The largest absolute Gasteiger partial charge is 0.466 e. The number of rotatable bonds is 5. The number of nitrogens with one attached hydrogen (secondary N) is 2. The molecular weight excluding hydrogens is 364 g/mol. The number of hydrogen-bond acceptors (Lipinski definition) is 7. The summed E-state index contributed by atoms with van der Waals surface area (Å²) in [6, 6.07) is 3.58. The molecule has 0 saturated carbocycles. The van der Waals surface area contributed by atoms with E-state index in [0.717, 1.165) is 11.3 Å². The van der Waals surface area contributed by atoms with Gasteiger partial charge in [-0.2, -0.15) is 0 Å². The molecule has 0 amide bonds. The Bertz CT molecular complexity index is 938. The van der Waals surface area contributed by atoms with Crippen LogP contribution in [0, 0.1) is 5.92 Å². The summed E-state index contributed by atoms with van der Waals surface area (Å²) in [5.74, 6) is 0.734. The summed E-state index contributed by atoms with van der Waals surface area (Å²) in [5.41, 5.74) is 1.93. The first-order valence-electron chi connectivity index (χ1n) is 8.65. The van der Waals surface area contributed by atoms with E-state index in [0.29, 0.717) is 33.7 Å². The molecule has 1 atom stereocenters. The molecule has 7 nitrogen and oxygen atoms in total. The summed E-state index contributed by atoms with van der Waals surface area (Å²) in [7, 11) is 1.33. The van der Waals surface area contributed by atoms with E-state index < -0.39 is 11.9 Å². The minimum atomic E-state index is -0.572. The van der Waals surface area contributed by atoms with E-state index in [9.17, 15) is 9.59 Å². The first-order valence-corrected chi connectivity index (χ1v) is 9.64. The number of pyridine rings is 1. The van der Waals surface area contributed by atoms with Gasteiger partial charge < -0.3 is 15.0 Å². The Balaban J connectivity index is 2.15. The van der Waals surface area contributed by atoms with Crippen LogP contribution in [0.1, 0.15) is 37.8 Å². The fourth-order valence-electron chi connectivity index (χ4n) is 3.01. The molecule has 3 heterocycles. The Morgan fingerprint density at radius 3 is 2.67 bits per heavy atom. The third kappa shape index (κ3) is 3.90. The standard InChI is InChI=1S/C19H22N4O3S/c1-10(2)9-27-19-22-16-15(17(24)23-19)14(12-5-7-20-8-6-12)13(11(3)21-16)18(25)26-4/h5-8,10,14H,9H2,1-4H3,(H2,21,22,23,24)/t14-/m0/s1. The molecule has 0 unspecified atom stereocenters. The van der Waals surface area contributed by atoms with Gasteiger partial charge in [0, 0.05) is 23.8 Å². The third-order valence-electron chi connectivity index (χ3n) is 4.22. The monoisotopic (exact) mass is 386 g/mol. The number of thioether (sulfide) groups is 1. The summed E-state index contributed by atoms with van der Waals surface area (Å²) in [6.45, 7) is 6.00. The molecule has 1 aliphatic heterocycles. The maximum absolute atomic E-state index is 12.9. The molecule has 8 heteroatoms. The van der Waals surface area contributed by atoms with Crippen molar-refractivity contribution >= 4 is 23.5 Å². The van der Waals surface area contributed by atoms with Crippen molar-refractivity contribution in [2.24, 2.45) is 5.92 Å². The second kappa shape index (κ2) is 7.96. The molecule has 2 N–H and O–H groups in total. The maximum Gasteiger partial charge on any atom is 0.336 e. The van der Waals surface area contributed by atoms with Gasteiger partial charge in [0.05, 0.1) is 24.2 Å². The van der Waals surface area contributed by atoms with E-state index in [4.69, 9.17) is 4.74 Å². The highest BCUT2D eigenvalue weighted by Gasteiger charge is 2.36. The smallest absolute Gasteiger partial charge is 0.336 e. The van der Waals surface area contributed by atoms with E-state index in [1.165, 1.54) is 18.9 Å². The van der Waals surface area contributed by atoms with E-state index in [2.05, 4.69) is 34.1 Å². The Hall–Kier alpha value is -2.61. The minimum Gasteiger partial charge on any atom is -0.466 e. The number of aromatic nitrogens is 3. The number of fused-ring (bicyclic) bond motifs is 1. The quantitative estimate of drug-likeness (QED) is 0.463. The van der Waals surface area contributed by atoms with E-state index in [-0.39, 0.29) is 5.56 Å². The maximum atomic E-state index is 12.9. The number of carbonyl (C=O) groups excluding carboxylic acids is 1. The summed E-state index contributed by atoms with van der Waals surface area (Å²) >= 11 is 1.50. The molecule has 142 valence electrons. The van der Waals surface area contributed by atoms with Crippen molar-refractivity contribution < 1.29 is 9.53 Å². The van der Waals surface area contributed by atoms with Crippen LogP contribution >= 0.6 is 11.8 Å². The van der Waals surface area contributed by atoms with Crippen LogP contribution in [-0.4, -0.2) is 33.8 Å². The first-order chi connectivity index (χ1) is 12.9. The first kappa shape index (κ1) is 19.2. The second-order valence-corrected chi connectivity index (χ2v) is 7.72. The molecule has 0 saturated heterocycles. The minimum absolute atomic E-state index is 0.269. The van der Waals surface area contributed by atoms with Gasteiger partial charge in [-0.15, -0.1) is 0 Å². The Kier molecular flexibility index (Phi) is 5.65. The molecule has 0 aliphatic carbocycles. The number of aromatic amines is 1. The zero-order chi connectivity index (χ0) is 19.6. The zero-order valence-corrected chi connectivity index (χ0v) is 16.5. The van der Waals surface area contributed by atoms with Gasteiger partial charge in [0.2, 0.25) is 0 Å². The van der Waals surface area contributed by atoms with Gasteiger partial charge in [-0.05, 0) is 30.5 Å². The predicted molar refractivity (Wildman–Crippen MR) is 105 cm³/mol. The van der Waals surface area contributed by atoms with E-state index in [1.807, 2.05) is 0 Å². The van der Waals surface area contributed by atoms with Crippen LogP contribution in [0.15, 0.2) is 45.7 Å². The summed E-state index contributed by atoms with van der Waals surface area (Å²) in [4.78, 5) is 36.9. The molecule has 0 aromatic carbocycles. The van der Waals surface area contributed by atoms with Gasteiger partial charge in [0.1, 0.15) is 5.82 Å². The number of ether oxygens (including phenoxy) is 1. The highest BCUT2D eigenvalue weighted by Crippen LogP contribution is 2.39. The number of anilines is 1. The van der Waals surface area contributed by atoms with Crippen LogP contribution in [0.2, 0.25) is 0 Å². The van der Waals surface area contributed by atoms with Gasteiger partial charge in [-0.1, -0.05) is 25.6 Å². The number of carbonyl (C=O) groups is 1. The SMILES string of the molecule is COC(=O)C1=C(C)Nc2nc(SCC(C)C)[nH]c(=O)c2[C@H]1c1ccncc1. The number of H-pyrrole nitrogens is 1. The lowest BCUT2D eigenvalue weighted by molar-refractivity contribution is -0.136. The fourth-order valence-corrected chi connectivity index (χ4v) is 3.83. The normalized spacial score (nSPS) is 16.1. The molecule has 0 spiro atoms. The van der Waals surface area contributed by atoms with Gasteiger partial charge in [0.15, 0.2) is 5.16 Å². The molecule has 0 bridgehead atoms. The van der Waals surface area contributed by atoms with Crippen LogP contribution < -0.4 is 10.9 Å². The third-order valence-corrected chi connectivity index (χ3v) is 5.52. The van der Waals surface area contributed by atoms with Crippen molar-refractivity contribution in [1.29, 1.82) is 0 Å². The average Bonchev–Trinajstić information content (AvgIpc) is 2.65. The molecule has 0 fully saturated rings. The fraction of sp³-hybridized carbons (Fsp3) is 0.368. The highest BCUT2D eigenvalue weighted by atomic mass is 32.2. The van der Waals surface area contributed by atoms with Crippen molar-refractivity contribution in [2.45, 2.75) is 31.8 Å². The lowest BCUT2D eigenvalue weighted by Crippen LogP contribution is -2.31. The zero-order valence-electron chi connectivity index (χ0n) is 15.7. The van der Waals surface area contributed by atoms with Crippen LogP contribution in [0.5, 0.6) is 0 Å². The second-order valence-electron chi connectivity index (χ2n) is 6.71. The highest BCUT2D eigenvalue weighted by molar-refractivity contribution is 7.99. The van der Waals surface area contributed by atoms with Crippen molar-refractivity contribution in [3.63, 3.8) is 0 Å². The van der Waals surface area contributed by atoms with Gasteiger partial charge >= 0.3 is 5.97 Å². The Morgan fingerprint density at radius 2 is 2.04 bits per heavy atom. The molecule has 2 aromatic rings. The van der Waals surface area contributed by atoms with Crippen molar-refractivity contribution in [3.8, 4) is 0 Å². The topological polar surface area (TPSA) is 97.0 Å². The predicted octanol–water partition coefficient (Wildman–Crippen LogP) is 2.92. The Morgan fingerprint density at radius 1 is 1.33 bits per heavy atom. The van der Waals surface area contributed by atoms with Crippen LogP contribution in [-0.2, 0) is 9.53 Å². The molecular formula is C19H22N4O3S. The van der Waals surface area contributed by atoms with Gasteiger partial charge in [-0.3, -0.25) is 9.78 Å². The van der Waals surface area contributed by atoms with Crippen molar-refractivity contribution in [2.75, 3.05) is 18.2 Å². The molecule has 27 heavy (non-hydrogen) atoms. The van der Waals surface area contributed by atoms with Crippen LogP contribution in [0.25, 0.3) is 0 Å². The number of nitrogens with zero attached hydrogens (tertiary/aromatic N) is 2. The number of hydrogen-bond donors (Lipinski definition) is 2. The van der Waals surface area contributed by atoms with Crippen molar-refractivity contribution in [1.82, 2.24) is 15.0 Å². The lowest BCUT2D eigenvalue weighted by Gasteiger charge is -2.28. The number of allylic oxidation sites excluding steroid dienone is 1. The van der Waals surface area contributed by atoms with Crippen molar-refractivity contribution in [3.05, 3.63) is 57.3 Å². The van der Waals surface area contributed by atoms with Crippen LogP contribution in [0.4, 0.5) is 5.82 Å². The number of esters is 1. The average molecular weight is 386 g/mol. The van der Waals surface area contributed by atoms with E-state index in [1.54, 1.807) is 31.5 Å². The summed E-state index contributed by atoms with van der Waals surface area (Å²) in [6.07, 6.45) is 3.27. The summed E-state index contributed by atoms with van der Waals surface area (Å²) in [5, 5.41) is 3.67. The number of methoxy groups -OCH3 is 1. The molecule has 2 aromatic heterocycles. The molecule has 3 rings (SSSR count).